The van der Waals surface area contributed by atoms with E-state index in [0.717, 1.165) is 5.56 Å². The first kappa shape index (κ1) is 19.1. The standard InChI is InChI=1S/C17H24FN3O4S/c1-26(23,24)20-8-6-15(7-9-20)19-17(22)21-10-11-25-12-16(21)13-2-4-14(18)5-3-13/h2-5,15-16H,6-12H2,1H3,(H,19,22). The highest BCUT2D eigenvalue weighted by molar-refractivity contribution is 7.88. The number of urea groups is 1. The fourth-order valence-electron chi connectivity index (χ4n) is 3.40. The molecule has 2 saturated heterocycles. The summed E-state index contributed by atoms with van der Waals surface area (Å²) >= 11 is 0. The molecule has 2 aliphatic heterocycles. The third kappa shape index (κ3) is 4.52. The topological polar surface area (TPSA) is 79.0 Å². The van der Waals surface area contributed by atoms with E-state index < -0.39 is 10.0 Å². The molecule has 1 aromatic carbocycles. The minimum absolute atomic E-state index is 0.0581. The summed E-state index contributed by atoms with van der Waals surface area (Å²) in [6.45, 7) is 2.10. The van der Waals surface area contributed by atoms with Crippen LogP contribution >= 0.6 is 0 Å². The quantitative estimate of drug-likeness (QED) is 0.852. The summed E-state index contributed by atoms with van der Waals surface area (Å²) in [5, 5.41) is 3.01. The summed E-state index contributed by atoms with van der Waals surface area (Å²) in [6.07, 6.45) is 2.38. The maximum Gasteiger partial charge on any atom is 0.318 e. The minimum Gasteiger partial charge on any atom is -0.377 e. The number of hydrogen-bond acceptors (Lipinski definition) is 4. The van der Waals surface area contributed by atoms with E-state index in [1.165, 1.54) is 22.7 Å². The van der Waals surface area contributed by atoms with Gasteiger partial charge in [0.15, 0.2) is 0 Å². The van der Waals surface area contributed by atoms with Crippen LogP contribution < -0.4 is 5.32 Å². The van der Waals surface area contributed by atoms with Crippen LogP contribution in [-0.4, -0.2) is 68.8 Å². The van der Waals surface area contributed by atoms with Crippen LogP contribution in [0.25, 0.3) is 0 Å². The van der Waals surface area contributed by atoms with Crippen molar-refractivity contribution in [3.63, 3.8) is 0 Å². The van der Waals surface area contributed by atoms with Gasteiger partial charge in [0.2, 0.25) is 10.0 Å². The number of ether oxygens (including phenoxy) is 1. The molecule has 0 aromatic heterocycles. The highest BCUT2D eigenvalue weighted by Gasteiger charge is 2.31. The van der Waals surface area contributed by atoms with Crippen LogP contribution in [0.4, 0.5) is 9.18 Å². The van der Waals surface area contributed by atoms with Gasteiger partial charge in [-0.3, -0.25) is 0 Å². The van der Waals surface area contributed by atoms with E-state index in [1.54, 1.807) is 17.0 Å². The van der Waals surface area contributed by atoms with Crippen LogP contribution in [0.1, 0.15) is 24.4 Å². The lowest BCUT2D eigenvalue weighted by molar-refractivity contribution is 0.0107. The number of nitrogens with one attached hydrogen (secondary N) is 1. The van der Waals surface area contributed by atoms with Crippen molar-refractivity contribution in [1.29, 1.82) is 0 Å². The van der Waals surface area contributed by atoms with Gasteiger partial charge in [-0.15, -0.1) is 0 Å². The van der Waals surface area contributed by atoms with Gasteiger partial charge >= 0.3 is 6.03 Å². The Balaban J connectivity index is 1.62. The second kappa shape index (κ2) is 7.89. The smallest absolute Gasteiger partial charge is 0.318 e. The highest BCUT2D eigenvalue weighted by atomic mass is 32.2. The van der Waals surface area contributed by atoms with Gasteiger partial charge in [0.05, 0.1) is 25.5 Å². The maximum absolute atomic E-state index is 13.2. The van der Waals surface area contributed by atoms with Crippen molar-refractivity contribution in [1.82, 2.24) is 14.5 Å². The van der Waals surface area contributed by atoms with Gasteiger partial charge in [-0.1, -0.05) is 12.1 Å². The number of carbonyl (C=O) groups is 1. The SMILES string of the molecule is CS(=O)(=O)N1CCC(NC(=O)N2CCOCC2c2ccc(F)cc2)CC1. The van der Waals surface area contributed by atoms with E-state index in [4.69, 9.17) is 4.74 Å². The van der Waals surface area contributed by atoms with E-state index in [-0.39, 0.29) is 23.9 Å². The molecule has 3 rings (SSSR count). The van der Waals surface area contributed by atoms with Crippen molar-refractivity contribution < 1.29 is 22.3 Å². The normalized spacial score (nSPS) is 23.0. The fourth-order valence-corrected chi connectivity index (χ4v) is 4.27. The summed E-state index contributed by atoms with van der Waals surface area (Å²) < 4.78 is 43.3. The lowest BCUT2D eigenvalue weighted by atomic mass is 10.0. The van der Waals surface area contributed by atoms with Crippen LogP contribution in [0, 0.1) is 5.82 Å². The van der Waals surface area contributed by atoms with Crippen LogP contribution in [0.2, 0.25) is 0 Å². The van der Waals surface area contributed by atoms with Crippen LogP contribution in [0.3, 0.4) is 0 Å². The van der Waals surface area contributed by atoms with Gasteiger partial charge in [0.1, 0.15) is 5.82 Å². The monoisotopic (exact) mass is 385 g/mol. The molecule has 0 radical (unpaired) electrons. The first-order valence-corrected chi connectivity index (χ1v) is 10.5. The van der Waals surface area contributed by atoms with E-state index >= 15 is 0 Å². The summed E-state index contributed by atoms with van der Waals surface area (Å²) in [7, 11) is -3.18. The number of carbonyl (C=O) groups excluding carboxylic acids is 1. The summed E-state index contributed by atoms with van der Waals surface area (Å²) in [4.78, 5) is 14.5. The zero-order valence-electron chi connectivity index (χ0n) is 14.7. The summed E-state index contributed by atoms with van der Waals surface area (Å²) in [5.41, 5.74) is 0.827. The Kier molecular flexibility index (Phi) is 5.79. The summed E-state index contributed by atoms with van der Waals surface area (Å²) in [6, 6.07) is 5.57. The molecular formula is C17H24FN3O4S. The molecule has 2 heterocycles. The number of nitrogens with zero attached hydrogens (tertiary/aromatic N) is 2. The number of piperidine rings is 1. The van der Waals surface area contributed by atoms with E-state index in [9.17, 15) is 17.6 Å². The van der Waals surface area contributed by atoms with Crippen molar-refractivity contribution in [2.24, 2.45) is 0 Å². The number of morpholine rings is 1. The predicted molar refractivity (Wildman–Crippen MR) is 94.6 cm³/mol. The van der Waals surface area contributed by atoms with E-state index in [2.05, 4.69) is 5.32 Å². The second-order valence-electron chi connectivity index (χ2n) is 6.72. The molecule has 1 N–H and O–H groups in total. The van der Waals surface area contributed by atoms with Crippen molar-refractivity contribution >= 4 is 16.1 Å². The molecule has 9 heteroatoms. The number of hydrogen-bond donors (Lipinski definition) is 1. The molecule has 144 valence electrons. The first-order valence-electron chi connectivity index (χ1n) is 8.70. The third-order valence-electron chi connectivity index (χ3n) is 4.89. The number of amides is 2. The molecule has 7 nitrogen and oxygen atoms in total. The third-order valence-corrected chi connectivity index (χ3v) is 6.20. The van der Waals surface area contributed by atoms with Crippen LogP contribution in [-0.2, 0) is 14.8 Å². The molecule has 0 saturated carbocycles. The van der Waals surface area contributed by atoms with E-state index in [0.29, 0.717) is 45.7 Å². The predicted octanol–water partition coefficient (Wildman–Crippen LogP) is 1.33. The Hall–Kier alpha value is -1.71. The zero-order valence-corrected chi connectivity index (χ0v) is 15.5. The Morgan fingerprint density at radius 1 is 1.19 bits per heavy atom. The zero-order chi connectivity index (χ0) is 18.7. The van der Waals surface area contributed by atoms with Gasteiger partial charge in [0.25, 0.3) is 0 Å². The molecule has 1 aromatic rings. The molecule has 1 unspecified atom stereocenters. The van der Waals surface area contributed by atoms with Crippen LogP contribution in [0.15, 0.2) is 24.3 Å². The Morgan fingerprint density at radius 3 is 2.46 bits per heavy atom. The molecule has 1 atom stereocenters. The second-order valence-corrected chi connectivity index (χ2v) is 8.70. The molecule has 0 spiro atoms. The van der Waals surface area contributed by atoms with Crippen molar-refractivity contribution in [2.75, 3.05) is 39.1 Å². The van der Waals surface area contributed by atoms with Crippen molar-refractivity contribution in [2.45, 2.75) is 24.9 Å². The lowest BCUT2D eigenvalue weighted by Crippen LogP contribution is -2.53. The number of sulfonamides is 1. The minimum atomic E-state index is -3.18. The van der Waals surface area contributed by atoms with Gasteiger partial charge in [-0.05, 0) is 30.5 Å². The average Bonchev–Trinajstić information content (AvgIpc) is 2.62. The van der Waals surface area contributed by atoms with Gasteiger partial charge in [-0.2, -0.15) is 0 Å². The molecule has 26 heavy (non-hydrogen) atoms. The number of halogens is 1. The maximum atomic E-state index is 13.2. The number of benzene rings is 1. The fraction of sp³-hybridized carbons (Fsp3) is 0.588. The van der Waals surface area contributed by atoms with E-state index in [1.807, 2.05) is 0 Å². The largest absolute Gasteiger partial charge is 0.377 e. The Morgan fingerprint density at radius 2 is 1.85 bits per heavy atom. The average molecular weight is 385 g/mol. The Bertz CT molecular complexity index is 733. The van der Waals surface area contributed by atoms with Crippen molar-refractivity contribution in [3.05, 3.63) is 35.6 Å². The van der Waals surface area contributed by atoms with Crippen LogP contribution in [0.5, 0.6) is 0 Å². The van der Waals surface area contributed by atoms with Gasteiger partial charge in [-0.25, -0.2) is 21.9 Å². The molecular weight excluding hydrogens is 361 g/mol. The molecule has 2 amide bonds. The molecule has 2 fully saturated rings. The molecule has 2 aliphatic rings. The molecule has 0 bridgehead atoms. The van der Waals surface area contributed by atoms with Gasteiger partial charge < -0.3 is 15.0 Å². The van der Waals surface area contributed by atoms with Crippen molar-refractivity contribution in [3.8, 4) is 0 Å². The summed E-state index contributed by atoms with van der Waals surface area (Å²) in [5.74, 6) is -0.320. The first-order chi connectivity index (χ1) is 12.3. The molecule has 0 aliphatic carbocycles. The van der Waals surface area contributed by atoms with Gasteiger partial charge in [0, 0.05) is 25.7 Å². The number of rotatable bonds is 3. The lowest BCUT2D eigenvalue weighted by Gasteiger charge is -2.38. The Labute approximate surface area is 153 Å². The highest BCUT2D eigenvalue weighted by Crippen LogP contribution is 2.25.